The summed E-state index contributed by atoms with van der Waals surface area (Å²) in [6.45, 7) is 2.86. The van der Waals surface area contributed by atoms with Crippen LogP contribution < -0.4 is 10.6 Å². The van der Waals surface area contributed by atoms with E-state index in [2.05, 4.69) is 33.5 Å². The molecular weight excluding hydrogens is 440 g/mol. The van der Waals surface area contributed by atoms with Crippen LogP contribution in [0.1, 0.15) is 56.4 Å². The molecule has 7 nitrogen and oxygen atoms in total. The van der Waals surface area contributed by atoms with Gasteiger partial charge in [0.25, 0.3) is 5.91 Å². The molecule has 35 heavy (non-hydrogen) atoms. The van der Waals surface area contributed by atoms with Gasteiger partial charge in [0.1, 0.15) is 0 Å². The number of pyridine rings is 1. The SMILES string of the molecule is COC(=O)c1cccc(C#Cc2ccnc(CNC(=O)c3ccc4c(c3)[C@](C)(C#N)CCN4)c2)c1. The van der Waals surface area contributed by atoms with Gasteiger partial charge in [-0.05, 0) is 67.4 Å². The number of nitrogens with one attached hydrogen (secondary N) is 2. The fourth-order valence-electron chi connectivity index (χ4n) is 3.91. The zero-order chi connectivity index (χ0) is 24.8. The lowest BCUT2D eigenvalue weighted by molar-refractivity contribution is 0.0600. The smallest absolute Gasteiger partial charge is 0.337 e. The summed E-state index contributed by atoms with van der Waals surface area (Å²) in [6, 6.07) is 18.3. The highest BCUT2D eigenvalue weighted by Gasteiger charge is 2.32. The highest BCUT2D eigenvalue weighted by molar-refractivity contribution is 5.95. The highest BCUT2D eigenvalue weighted by Crippen LogP contribution is 2.37. The van der Waals surface area contributed by atoms with Gasteiger partial charge in [-0.25, -0.2) is 4.79 Å². The molecule has 4 rings (SSSR count). The molecule has 0 radical (unpaired) electrons. The fraction of sp³-hybridized carbons (Fsp3) is 0.214. The third-order valence-corrected chi connectivity index (χ3v) is 5.94. The maximum absolute atomic E-state index is 12.8. The molecule has 0 bridgehead atoms. The molecule has 0 spiro atoms. The maximum Gasteiger partial charge on any atom is 0.337 e. The first-order chi connectivity index (χ1) is 16.9. The van der Waals surface area contributed by atoms with Crippen molar-refractivity contribution in [2.75, 3.05) is 19.0 Å². The van der Waals surface area contributed by atoms with Crippen molar-refractivity contribution in [3.8, 4) is 17.9 Å². The molecule has 1 aliphatic heterocycles. The van der Waals surface area contributed by atoms with Crippen LogP contribution in [0.25, 0.3) is 0 Å². The van der Waals surface area contributed by atoms with Gasteiger partial charge in [-0.2, -0.15) is 5.26 Å². The zero-order valence-electron chi connectivity index (χ0n) is 19.5. The summed E-state index contributed by atoms with van der Waals surface area (Å²) in [6.07, 6.45) is 2.32. The molecule has 1 amide bonds. The van der Waals surface area contributed by atoms with Crippen molar-refractivity contribution < 1.29 is 14.3 Å². The van der Waals surface area contributed by atoms with Crippen molar-refractivity contribution in [3.05, 3.63) is 94.3 Å². The van der Waals surface area contributed by atoms with E-state index in [1.807, 2.05) is 19.1 Å². The molecule has 1 aliphatic rings. The molecule has 0 unspecified atom stereocenters. The van der Waals surface area contributed by atoms with Gasteiger partial charge in [0.2, 0.25) is 0 Å². The van der Waals surface area contributed by atoms with Gasteiger partial charge in [0.05, 0.1) is 36.4 Å². The molecule has 1 aromatic heterocycles. The van der Waals surface area contributed by atoms with Gasteiger partial charge in [-0.1, -0.05) is 17.9 Å². The number of carbonyl (C=O) groups excluding carboxylic acids is 2. The number of aromatic nitrogens is 1. The third kappa shape index (κ3) is 5.31. The number of hydrogen-bond donors (Lipinski definition) is 2. The quantitative estimate of drug-likeness (QED) is 0.450. The number of hydrogen-bond acceptors (Lipinski definition) is 6. The topological polar surface area (TPSA) is 104 Å². The fourth-order valence-corrected chi connectivity index (χ4v) is 3.91. The number of ether oxygens (including phenoxy) is 1. The van der Waals surface area contributed by atoms with E-state index in [0.717, 1.165) is 23.4 Å². The number of anilines is 1. The van der Waals surface area contributed by atoms with E-state index in [-0.39, 0.29) is 12.5 Å². The van der Waals surface area contributed by atoms with Crippen LogP contribution in [0.3, 0.4) is 0 Å². The van der Waals surface area contributed by atoms with E-state index >= 15 is 0 Å². The van der Waals surface area contributed by atoms with Crippen molar-refractivity contribution in [1.29, 1.82) is 5.26 Å². The van der Waals surface area contributed by atoms with E-state index in [0.29, 0.717) is 28.8 Å². The second-order valence-electron chi connectivity index (χ2n) is 8.42. The molecule has 1 atom stereocenters. The zero-order valence-corrected chi connectivity index (χ0v) is 19.5. The number of fused-ring (bicyclic) bond motifs is 1. The van der Waals surface area contributed by atoms with Crippen molar-refractivity contribution in [3.63, 3.8) is 0 Å². The summed E-state index contributed by atoms with van der Waals surface area (Å²) < 4.78 is 4.74. The summed E-state index contributed by atoms with van der Waals surface area (Å²) in [5.74, 6) is 5.44. The van der Waals surface area contributed by atoms with Gasteiger partial charge in [-0.3, -0.25) is 9.78 Å². The Morgan fingerprint density at radius 3 is 2.69 bits per heavy atom. The van der Waals surface area contributed by atoms with Crippen LogP contribution in [0.4, 0.5) is 5.69 Å². The lowest BCUT2D eigenvalue weighted by atomic mass is 9.77. The summed E-state index contributed by atoms with van der Waals surface area (Å²) >= 11 is 0. The van der Waals surface area contributed by atoms with Gasteiger partial charge in [0, 0.05) is 35.1 Å². The first-order valence-corrected chi connectivity index (χ1v) is 11.1. The van der Waals surface area contributed by atoms with Crippen LogP contribution in [0, 0.1) is 23.2 Å². The van der Waals surface area contributed by atoms with Crippen molar-refractivity contribution >= 4 is 17.6 Å². The number of amides is 1. The largest absolute Gasteiger partial charge is 0.465 e. The van der Waals surface area contributed by atoms with Crippen LogP contribution in [-0.2, 0) is 16.7 Å². The molecule has 0 fully saturated rings. The molecule has 0 saturated carbocycles. The van der Waals surface area contributed by atoms with Crippen molar-refractivity contribution in [2.45, 2.75) is 25.3 Å². The summed E-state index contributed by atoms with van der Waals surface area (Å²) in [5.41, 5.74) is 4.12. The van der Waals surface area contributed by atoms with Gasteiger partial charge >= 0.3 is 5.97 Å². The molecule has 2 heterocycles. The molecular formula is C28H24N4O3. The Bertz CT molecular complexity index is 1400. The van der Waals surface area contributed by atoms with E-state index in [1.165, 1.54) is 7.11 Å². The predicted molar refractivity (Wildman–Crippen MR) is 132 cm³/mol. The first-order valence-electron chi connectivity index (χ1n) is 11.1. The summed E-state index contributed by atoms with van der Waals surface area (Å²) in [5, 5.41) is 15.8. The van der Waals surface area contributed by atoms with Crippen LogP contribution in [0.5, 0.6) is 0 Å². The number of benzene rings is 2. The van der Waals surface area contributed by atoms with E-state index < -0.39 is 11.4 Å². The number of esters is 1. The molecule has 2 N–H and O–H groups in total. The average molecular weight is 465 g/mol. The van der Waals surface area contributed by atoms with E-state index in [1.54, 1.807) is 48.7 Å². The van der Waals surface area contributed by atoms with Crippen LogP contribution in [0.2, 0.25) is 0 Å². The molecule has 174 valence electrons. The Morgan fingerprint density at radius 2 is 1.91 bits per heavy atom. The van der Waals surface area contributed by atoms with E-state index in [4.69, 9.17) is 4.74 Å². The predicted octanol–water partition coefficient (Wildman–Crippen LogP) is 3.79. The number of nitrogens with zero attached hydrogens (tertiary/aromatic N) is 2. The van der Waals surface area contributed by atoms with Crippen molar-refractivity contribution in [2.24, 2.45) is 0 Å². The Kier molecular flexibility index (Phi) is 6.80. The second-order valence-corrected chi connectivity index (χ2v) is 8.42. The molecule has 2 aromatic carbocycles. The number of rotatable bonds is 4. The Labute approximate surface area is 204 Å². The van der Waals surface area contributed by atoms with Gasteiger partial charge in [0.15, 0.2) is 0 Å². The lowest BCUT2D eigenvalue weighted by Crippen LogP contribution is -2.31. The van der Waals surface area contributed by atoms with Gasteiger partial charge in [-0.15, -0.1) is 0 Å². The Hall–Kier alpha value is -4.62. The molecule has 0 aliphatic carbocycles. The molecule has 3 aromatic rings. The van der Waals surface area contributed by atoms with Gasteiger partial charge < -0.3 is 15.4 Å². The number of methoxy groups -OCH3 is 1. The highest BCUT2D eigenvalue weighted by atomic mass is 16.5. The number of nitriles is 1. The summed E-state index contributed by atoms with van der Waals surface area (Å²) in [4.78, 5) is 28.8. The minimum absolute atomic E-state index is 0.233. The van der Waals surface area contributed by atoms with E-state index in [9.17, 15) is 14.9 Å². The lowest BCUT2D eigenvalue weighted by Gasteiger charge is -2.31. The number of carbonyl (C=O) groups is 2. The Morgan fingerprint density at radius 1 is 1.11 bits per heavy atom. The normalized spacial score (nSPS) is 15.9. The van der Waals surface area contributed by atoms with Crippen molar-refractivity contribution in [1.82, 2.24) is 10.3 Å². The molecule has 0 saturated heterocycles. The minimum Gasteiger partial charge on any atom is -0.465 e. The Balaban J connectivity index is 1.45. The average Bonchev–Trinajstić information content (AvgIpc) is 2.90. The third-order valence-electron chi connectivity index (χ3n) is 5.94. The second kappa shape index (κ2) is 10.1. The monoisotopic (exact) mass is 464 g/mol. The molecule has 7 heteroatoms. The van der Waals surface area contributed by atoms with Crippen LogP contribution >= 0.6 is 0 Å². The van der Waals surface area contributed by atoms with Crippen LogP contribution in [0.15, 0.2) is 60.8 Å². The summed E-state index contributed by atoms with van der Waals surface area (Å²) in [7, 11) is 1.34. The standard InChI is InChI=1S/C28H24N4O3/c1-28(18-29)11-13-31-25-9-8-21(16-24(25)28)26(33)32-17-23-15-20(10-12-30-23)7-6-19-4-3-5-22(14-19)27(34)35-2/h3-5,8-10,12,14-16,31H,11,13,17H2,1-2H3,(H,32,33)/t28-/m0/s1. The van der Waals surface area contributed by atoms with Crippen LogP contribution in [-0.4, -0.2) is 30.5 Å². The first kappa shape index (κ1) is 23.5. The maximum atomic E-state index is 12.8. The minimum atomic E-state index is -0.623.